The van der Waals surface area contributed by atoms with Gasteiger partial charge in [0.1, 0.15) is 13.2 Å². The highest BCUT2D eigenvalue weighted by atomic mass is 31.2. The number of nitro benzene ring substituents is 1. The molecule has 0 spiro atoms. The van der Waals surface area contributed by atoms with Crippen molar-refractivity contribution in [1.82, 2.24) is 0 Å². The van der Waals surface area contributed by atoms with Gasteiger partial charge in [-0.05, 0) is 30.5 Å². The lowest BCUT2D eigenvalue weighted by atomic mass is 9.84. The molecule has 1 heterocycles. The Kier molecular flexibility index (Phi) is 4.94. The normalized spacial score (nSPS) is 20.1. The van der Waals surface area contributed by atoms with Gasteiger partial charge in [-0.1, -0.05) is 13.8 Å². The Hall–Kier alpha value is -1.07. The summed E-state index contributed by atoms with van der Waals surface area (Å²) in [4.78, 5) is 20.6. The topological polar surface area (TPSA) is 81.8 Å². The summed E-state index contributed by atoms with van der Waals surface area (Å²) >= 11 is 0. The third kappa shape index (κ3) is 3.77. The first kappa shape index (κ1) is 16.3. The van der Waals surface area contributed by atoms with Crippen LogP contribution in [0.1, 0.15) is 32.3 Å². The van der Waals surface area contributed by atoms with E-state index in [4.69, 9.17) is 9.05 Å². The van der Waals surface area contributed by atoms with Crippen molar-refractivity contribution in [1.29, 1.82) is 0 Å². The smallest absolute Gasteiger partial charge is 0.258 e. The maximum absolute atomic E-state index is 10.6. The Bertz CT molecular complexity index is 491. The van der Waals surface area contributed by atoms with Crippen LogP contribution in [0.2, 0.25) is 0 Å². The van der Waals surface area contributed by atoms with Crippen LogP contribution in [-0.2, 0) is 15.2 Å². The van der Waals surface area contributed by atoms with Gasteiger partial charge in [-0.25, -0.2) is 0 Å². The molecule has 116 valence electrons. The Morgan fingerprint density at radius 2 is 1.76 bits per heavy atom. The Morgan fingerprint density at radius 1 is 1.24 bits per heavy atom. The largest absolute Gasteiger partial charge is 0.413 e. The number of hydrogen-bond donors (Lipinski definition) is 1. The van der Waals surface area contributed by atoms with Crippen LogP contribution in [0.25, 0.3) is 0 Å². The molecule has 21 heavy (non-hydrogen) atoms. The summed E-state index contributed by atoms with van der Waals surface area (Å²) in [6.45, 7) is 5.18. The lowest BCUT2D eigenvalue weighted by Crippen LogP contribution is -2.36. The monoisotopic (exact) mass is 314 g/mol. The number of benzene rings is 1. The number of hydrogen-bond acceptors (Lipinski definition) is 5. The summed E-state index contributed by atoms with van der Waals surface area (Å²) in [6.07, 6.45) is 2.15. The van der Waals surface area contributed by atoms with E-state index in [0.29, 0.717) is 13.2 Å². The van der Waals surface area contributed by atoms with Crippen LogP contribution in [0.15, 0.2) is 24.3 Å². The molecule has 0 bridgehead atoms. The zero-order chi connectivity index (χ0) is 15.5. The minimum Gasteiger partial charge on any atom is -0.258 e. The average Bonchev–Trinajstić information content (AvgIpc) is 2.49. The molecular weight excluding hydrogens is 293 g/mol. The van der Waals surface area contributed by atoms with Gasteiger partial charge in [0.25, 0.3) is 5.69 Å². The standard InChI is InChI=1S/C14H21NO5P/c1-3-14(4-2)10-19-21(18,20-11-14)9-12-5-7-13(8-6-12)15(16)17/h5-8,18H,3-4,9-11H2,1-2H3/q+1. The van der Waals surface area contributed by atoms with Gasteiger partial charge in [0.05, 0.1) is 4.92 Å². The molecule has 1 saturated heterocycles. The van der Waals surface area contributed by atoms with Crippen LogP contribution in [0.5, 0.6) is 0 Å². The quantitative estimate of drug-likeness (QED) is 0.509. The molecule has 1 aromatic carbocycles. The molecule has 6 nitrogen and oxygen atoms in total. The van der Waals surface area contributed by atoms with Crippen molar-refractivity contribution in [2.75, 3.05) is 13.2 Å². The third-order valence-electron chi connectivity index (χ3n) is 4.17. The van der Waals surface area contributed by atoms with Crippen molar-refractivity contribution in [2.45, 2.75) is 32.9 Å². The fourth-order valence-corrected chi connectivity index (χ4v) is 4.14. The molecule has 0 aliphatic carbocycles. The summed E-state index contributed by atoms with van der Waals surface area (Å²) in [7, 11) is -2.90. The van der Waals surface area contributed by atoms with Gasteiger partial charge < -0.3 is 0 Å². The maximum atomic E-state index is 10.6. The second-order valence-electron chi connectivity index (χ2n) is 5.47. The maximum Gasteiger partial charge on any atom is 0.413 e. The highest BCUT2D eigenvalue weighted by molar-refractivity contribution is 7.59. The van der Waals surface area contributed by atoms with Gasteiger partial charge in [-0.15, -0.1) is 0 Å². The molecule has 0 amide bonds. The van der Waals surface area contributed by atoms with Gasteiger partial charge in [-0.2, -0.15) is 13.9 Å². The molecule has 1 aliphatic rings. The zero-order valence-corrected chi connectivity index (χ0v) is 13.2. The SMILES string of the molecule is CCC1(CC)CO[P+](O)(Cc2ccc([N+](=O)[O-])cc2)OC1. The van der Waals surface area contributed by atoms with E-state index < -0.39 is 12.9 Å². The van der Waals surface area contributed by atoms with Crippen molar-refractivity contribution in [3.8, 4) is 0 Å². The van der Waals surface area contributed by atoms with Crippen molar-refractivity contribution >= 4 is 13.6 Å². The molecule has 7 heteroatoms. The second kappa shape index (κ2) is 6.36. The van der Waals surface area contributed by atoms with Crippen LogP contribution >= 0.6 is 7.94 Å². The van der Waals surface area contributed by atoms with Gasteiger partial charge >= 0.3 is 7.94 Å². The average molecular weight is 314 g/mol. The molecule has 0 unspecified atom stereocenters. The summed E-state index contributed by atoms with van der Waals surface area (Å²) in [5.74, 6) is 0. The van der Waals surface area contributed by atoms with Crippen LogP contribution in [0.4, 0.5) is 5.69 Å². The summed E-state index contributed by atoms with van der Waals surface area (Å²) < 4.78 is 11.3. The Balaban J connectivity index is 2.01. The molecule has 2 rings (SSSR count). The number of rotatable bonds is 5. The zero-order valence-electron chi connectivity index (χ0n) is 12.3. The fourth-order valence-electron chi connectivity index (χ4n) is 2.26. The first-order valence-corrected chi connectivity index (χ1v) is 8.81. The molecule has 0 saturated carbocycles. The van der Waals surface area contributed by atoms with Crippen LogP contribution < -0.4 is 0 Å². The highest BCUT2D eigenvalue weighted by Gasteiger charge is 2.50. The first-order chi connectivity index (χ1) is 9.92. The first-order valence-electron chi connectivity index (χ1n) is 7.05. The molecule has 1 N–H and O–H groups in total. The van der Waals surface area contributed by atoms with Crippen molar-refractivity contribution in [3.05, 3.63) is 39.9 Å². The Morgan fingerprint density at radius 3 is 2.19 bits per heavy atom. The number of nitrogens with zero attached hydrogens (tertiary/aromatic N) is 1. The van der Waals surface area contributed by atoms with E-state index >= 15 is 0 Å². The molecule has 0 radical (unpaired) electrons. The molecular formula is C14H21NO5P+. The molecule has 0 atom stereocenters. The summed E-state index contributed by atoms with van der Waals surface area (Å²) in [5.41, 5.74) is 0.796. The number of nitro groups is 1. The predicted molar refractivity (Wildman–Crippen MR) is 80.9 cm³/mol. The Labute approximate surface area is 124 Å². The van der Waals surface area contributed by atoms with Crippen molar-refractivity contribution in [2.24, 2.45) is 5.41 Å². The van der Waals surface area contributed by atoms with Crippen LogP contribution in [0.3, 0.4) is 0 Å². The second-order valence-corrected chi connectivity index (χ2v) is 7.58. The van der Waals surface area contributed by atoms with E-state index in [1.54, 1.807) is 12.1 Å². The number of non-ortho nitro benzene ring substituents is 1. The van der Waals surface area contributed by atoms with E-state index in [2.05, 4.69) is 13.8 Å². The summed E-state index contributed by atoms with van der Waals surface area (Å²) in [6, 6.07) is 6.11. The van der Waals surface area contributed by atoms with E-state index in [9.17, 15) is 15.0 Å². The van der Waals surface area contributed by atoms with Gasteiger partial charge in [0.2, 0.25) is 0 Å². The minimum atomic E-state index is -2.90. The van der Waals surface area contributed by atoms with E-state index in [1.807, 2.05) is 0 Å². The van der Waals surface area contributed by atoms with Gasteiger partial charge in [0, 0.05) is 17.5 Å². The molecule has 0 aromatic heterocycles. The molecule has 1 aliphatic heterocycles. The van der Waals surface area contributed by atoms with Crippen molar-refractivity contribution < 1.29 is 18.9 Å². The fraction of sp³-hybridized carbons (Fsp3) is 0.571. The van der Waals surface area contributed by atoms with Gasteiger partial charge in [0.15, 0.2) is 6.16 Å². The minimum absolute atomic E-state index is 0.0122. The molecule has 1 fully saturated rings. The molecule has 1 aromatic rings. The van der Waals surface area contributed by atoms with Crippen LogP contribution in [-0.4, -0.2) is 23.0 Å². The summed E-state index contributed by atoms with van der Waals surface area (Å²) in [5, 5.41) is 10.6. The van der Waals surface area contributed by atoms with E-state index in [0.717, 1.165) is 18.4 Å². The lowest BCUT2D eigenvalue weighted by Gasteiger charge is -2.36. The predicted octanol–water partition coefficient (Wildman–Crippen LogP) is 3.70. The highest BCUT2D eigenvalue weighted by Crippen LogP contribution is 2.64. The van der Waals surface area contributed by atoms with Crippen LogP contribution in [0, 0.1) is 15.5 Å². The van der Waals surface area contributed by atoms with E-state index in [1.165, 1.54) is 12.1 Å². The third-order valence-corrected chi connectivity index (χ3v) is 6.00. The van der Waals surface area contributed by atoms with Gasteiger partial charge in [-0.3, -0.25) is 10.1 Å². The van der Waals surface area contributed by atoms with Crippen molar-refractivity contribution in [3.63, 3.8) is 0 Å². The van der Waals surface area contributed by atoms with E-state index in [-0.39, 0.29) is 17.3 Å². The lowest BCUT2D eigenvalue weighted by molar-refractivity contribution is -0.384.